The smallest absolute Gasteiger partial charge is 0.309 e. The van der Waals surface area contributed by atoms with E-state index < -0.39 is 6.55 Å². The van der Waals surface area contributed by atoms with E-state index in [1.165, 1.54) is 17.3 Å². The van der Waals surface area contributed by atoms with Crippen molar-refractivity contribution in [1.29, 1.82) is 0 Å². The third-order valence-electron chi connectivity index (χ3n) is 2.53. The Kier molecular flexibility index (Phi) is 5.35. The second kappa shape index (κ2) is 7.25. The molecule has 0 radical (unpaired) electrons. The molecule has 0 unspecified atom stereocenters. The van der Waals surface area contributed by atoms with Crippen LogP contribution in [0.1, 0.15) is 12.4 Å². The Bertz CT molecular complexity index is 488. The highest BCUT2D eigenvalue weighted by Gasteiger charge is 2.10. The number of halogens is 2. The van der Waals surface area contributed by atoms with Crippen molar-refractivity contribution in [3.05, 3.63) is 48.5 Å². The lowest BCUT2D eigenvalue weighted by Crippen LogP contribution is -2.19. The maximum Gasteiger partial charge on any atom is 0.319 e. The van der Waals surface area contributed by atoms with E-state index in [0.717, 1.165) is 16.9 Å². The maximum atomic E-state index is 12.5. The van der Waals surface area contributed by atoms with Crippen LogP contribution in [0, 0.1) is 0 Å². The molecule has 0 amide bonds. The summed E-state index contributed by atoms with van der Waals surface area (Å²) in [6, 6.07) is 10.1. The molecule has 1 aromatic carbocycles. The topological polar surface area (TPSA) is 29.9 Å². The van der Waals surface area contributed by atoms with Crippen LogP contribution in [-0.2, 0) is 6.54 Å². The zero-order valence-corrected chi connectivity index (χ0v) is 11.1. The largest absolute Gasteiger partial charge is 0.319 e. The van der Waals surface area contributed by atoms with Gasteiger partial charge in [-0.15, -0.1) is 11.8 Å². The number of aromatic nitrogens is 2. The second-order valence-corrected chi connectivity index (χ2v) is 5.04. The quantitative estimate of drug-likeness (QED) is 0.625. The monoisotopic (exact) mass is 283 g/mol. The van der Waals surface area contributed by atoms with Gasteiger partial charge in [-0.1, -0.05) is 18.2 Å². The fourth-order valence-electron chi connectivity index (χ4n) is 1.62. The zero-order chi connectivity index (χ0) is 13.5. The van der Waals surface area contributed by atoms with Gasteiger partial charge in [0.05, 0.1) is 6.54 Å². The molecule has 0 fully saturated rings. The van der Waals surface area contributed by atoms with Gasteiger partial charge in [0.15, 0.2) is 0 Å². The average Bonchev–Trinajstić information content (AvgIpc) is 2.88. The number of rotatable bonds is 7. The molecule has 0 saturated carbocycles. The molecule has 0 bridgehead atoms. The molecule has 1 aromatic heterocycles. The van der Waals surface area contributed by atoms with E-state index in [-0.39, 0.29) is 0 Å². The van der Waals surface area contributed by atoms with Gasteiger partial charge in [0, 0.05) is 29.6 Å². The summed E-state index contributed by atoms with van der Waals surface area (Å²) >= 11 is 1.73. The fraction of sp³-hybridized carbons (Fsp3) is 0.308. The van der Waals surface area contributed by atoms with E-state index in [1.807, 2.05) is 30.3 Å². The van der Waals surface area contributed by atoms with Gasteiger partial charge in [-0.25, -0.2) is 4.98 Å². The van der Waals surface area contributed by atoms with Crippen LogP contribution in [0.15, 0.2) is 47.6 Å². The molecule has 1 N–H and O–H groups in total. The minimum atomic E-state index is -2.53. The van der Waals surface area contributed by atoms with E-state index in [9.17, 15) is 8.78 Å². The molecule has 1 heterocycles. The molecule has 2 aromatic rings. The second-order valence-electron chi connectivity index (χ2n) is 3.87. The lowest BCUT2D eigenvalue weighted by atomic mass is 10.4. The van der Waals surface area contributed by atoms with Crippen LogP contribution in [0.25, 0.3) is 0 Å². The first-order valence-electron chi connectivity index (χ1n) is 5.96. The Labute approximate surface area is 115 Å². The zero-order valence-electron chi connectivity index (χ0n) is 10.3. The lowest BCUT2D eigenvalue weighted by Gasteiger charge is -2.07. The van der Waals surface area contributed by atoms with Gasteiger partial charge in [0.1, 0.15) is 5.82 Å². The van der Waals surface area contributed by atoms with Crippen molar-refractivity contribution >= 4 is 11.8 Å². The van der Waals surface area contributed by atoms with Crippen molar-refractivity contribution in [1.82, 2.24) is 14.9 Å². The molecule has 0 saturated heterocycles. The Hall–Kier alpha value is -1.40. The number of benzene rings is 1. The van der Waals surface area contributed by atoms with Gasteiger partial charge in [-0.05, 0) is 12.1 Å². The maximum absolute atomic E-state index is 12.5. The minimum absolute atomic E-state index is 0.354. The first-order chi connectivity index (χ1) is 9.27. The fourth-order valence-corrected chi connectivity index (χ4v) is 2.45. The average molecular weight is 283 g/mol. The van der Waals surface area contributed by atoms with E-state index in [0.29, 0.717) is 12.4 Å². The summed E-state index contributed by atoms with van der Waals surface area (Å²) in [6.07, 6.45) is 2.68. The number of hydrogen-bond donors (Lipinski definition) is 1. The van der Waals surface area contributed by atoms with Crippen LogP contribution >= 0.6 is 11.8 Å². The van der Waals surface area contributed by atoms with Crippen LogP contribution in [0.3, 0.4) is 0 Å². The molecule has 0 spiro atoms. The van der Waals surface area contributed by atoms with E-state index in [4.69, 9.17) is 0 Å². The van der Waals surface area contributed by atoms with Crippen molar-refractivity contribution < 1.29 is 8.78 Å². The van der Waals surface area contributed by atoms with Gasteiger partial charge < -0.3 is 5.32 Å². The summed E-state index contributed by atoms with van der Waals surface area (Å²) in [6.45, 7) is -1.43. The first-order valence-corrected chi connectivity index (χ1v) is 6.94. The van der Waals surface area contributed by atoms with E-state index >= 15 is 0 Å². The minimum Gasteiger partial charge on any atom is -0.309 e. The molecule has 19 heavy (non-hydrogen) atoms. The number of hydrogen-bond acceptors (Lipinski definition) is 3. The predicted octanol–water partition coefficient (Wildman–Crippen LogP) is 3.16. The third kappa shape index (κ3) is 4.33. The molecule has 0 aliphatic heterocycles. The Morgan fingerprint density at radius 1 is 1.26 bits per heavy atom. The molecular weight excluding hydrogens is 268 g/mol. The number of imidazole rings is 1. The third-order valence-corrected chi connectivity index (χ3v) is 3.55. The summed E-state index contributed by atoms with van der Waals surface area (Å²) in [7, 11) is 0. The van der Waals surface area contributed by atoms with Crippen molar-refractivity contribution in [2.24, 2.45) is 0 Å². The highest BCUT2D eigenvalue weighted by Crippen LogP contribution is 2.16. The van der Waals surface area contributed by atoms with E-state index in [1.54, 1.807) is 11.8 Å². The molecule has 0 aliphatic carbocycles. The van der Waals surface area contributed by atoms with Crippen molar-refractivity contribution in [3.8, 4) is 0 Å². The normalized spacial score (nSPS) is 11.1. The molecule has 2 rings (SSSR count). The molecule has 0 atom stereocenters. The van der Waals surface area contributed by atoms with Gasteiger partial charge in [0.25, 0.3) is 0 Å². The summed E-state index contributed by atoms with van der Waals surface area (Å²) in [5, 5.41) is 3.12. The van der Waals surface area contributed by atoms with Crippen LogP contribution in [0.2, 0.25) is 0 Å². The van der Waals surface area contributed by atoms with Crippen LogP contribution in [0.5, 0.6) is 0 Å². The number of thioether (sulfide) groups is 1. The summed E-state index contributed by atoms with van der Waals surface area (Å²) in [5.74, 6) is 1.25. The first kappa shape index (κ1) is 14.0. The lowest BCUT2D eigenvalue weighted by molar-refractivity contribution is 0.0666. The highest BCUT2D eigenvalue weighted by atomic mass is 32.2. The number of nitrogens with one attached hydrogen (secondary N) is 1. The number of nitrogens with zero attached hydrogens (tertiary/aromatic N) is 2. The van der Waals surface area contributed by atoms with Crippen molar-refractivity contribution in [3.63, 3.8) is 0 Å². The predicted molar refractivity (Wildman–Crippen MR) is 72.4 cm³/mol. The number of alkyl halides is 2. The Morgan fingerprint density at radius 2 is 2.05 bits per heavy atom. The van der Waals surface area contributed by atoms with Gasteiger partial charge in [-0.2, -0.15) is 8.78 Å². The summed E-state index contributed by atoms with van der Waals surface area (Å²) in [4.78, 5) is 5.11. The molecule has 0 aliphatic rings. The summed E-state index contributed by atoms with van der Waals surface area (Å²) in [5.41, 5.74) is 0. The van der Waals surface area contributed by atoms with Crippen molar-refractivity contribution in [2.75, 3.05) is 12.3 Å². The molecule has 6 heteroatoms. The van der Waals surface area contributed by atoms with Crippen LogP contribution < -0.4 is 5.32 Å². The van der Waals surface area contributed by atoms with Gasteiger partial charge >= 0.3 is 6.55 Å². The van der Waals surface area contributed by atoms with Crippen LogP contribution in [-0.4, -0.2) is 21.8 Å². The molecule has 102 valence electrons. The van der Waals surface area contributed by atoms with Crippen LogP contribution in [0.4, 0.5) is 8.78 Å². The van der Waals surface area contributed by atoms with Gasteiger partial charge in [0.2, 0.25) is 0 Å². The molecular formula is C13H15F2N3S. The SMILES string of the molecule is FC(F)n1ccnc1CNCCSc1ccccc1. The molecule has 3 nitrogen and oxygen atoms in total. The Balaban J connectivity index is 1.68. The Morgan fingerprint density at radius 3 is 2.79 bits per heavy atom. The van der Waals surface area contributed by atoms with Gasteiger partial charge in [-0.3, -0.25) is 4.57 Å². The summed E-state index contributed by atoms with van der Waals surface area (Å²) < 4.78 is 26.0. The standard InChI is InChI=1S/C13H15F2N3S/c14-13(15)18-8-6-17-12(18)10-16-7-9-19-11-4-2-1-3-5-11/h1-6,8,13,16H,7,9-10H2. The van der Waals surface area contributed by atoms with E-state index in [2.05, 4.69) is 10.3 Å². The van der Waals surface area contributed by atoms with Crippen molar-refractivity contribution in [2.45, 2.75) is 18.0 Å². The highest BCUT2D eigenvalue weighted by molar-refractivity contribution is 7.99.